The van der Waals surface area contributed by atoms with Gasteiger partial charge in [-0.3, -0.25) is 13.9 Å². The van der Waals surface area contributed by atoms with Gasteiger partial charge in [0.05, 0.1) is 22.0 Å². The first-order valence-corrected chi connectivity index (χ1v) is 17.2. The lowest BCUT2D eigenvalue weighted by Gasteiger charge is -2.33. The van der Waals surface area contributed by atoms with Gasteiger partial charge in [-0.1, -0.05) is 90.1 Å². The van der Waals surface area contributed by atoms with Crippen LogP contribution in [0.5, 0.6) is 0 Å². The molecule has 1 N–H and O–H groups in total. The molecule has 3 aromatic rings. The van der Waals surface area contributed by atoms with Gasteiger partial charge < -0.3 is 10.2 Å². The summed E-state index contributed by atoms with van der Waals surface area (Å²) in [5.41, 5.74) is 3.24. The fourth-order valence-corrected chi connectivity index (χ4v) is 6.76. The highest BCUT2D eigenvalue weighted by Crippen LogP contribution is 2.26. The predicted molar refractivity (Wildman–Crippen MR) is 174 cm³/mol. The number of benzene rings is 3. The zero-order valence-corrected chi connectivity index (χ0v) is 27.0. The first-order valence-electron chi connectivity index (χ1n) is 14.6. The number of amides is 2. The predicted octanol–water partition coefficient (Wildman–Crippen LogP) is 6.55. The minimum absolute atomic E-state index is 0.0567. The van der Waals surface area contributed by atoms with Crippen molar-refractivity contribution in [3.05, 3.63) is 99.5 Å². The number of sulfonamides is 1. The van der Waals surface area contributed by atoms with Crippen LogP contribution in [0.25, 0.3) is 0 Å². The number of hydrogen-bond donors (Lipinski definition) is 1. The molecule has 10 heteroatoms. The van der Waals surface area contributed by atoms with E-state index in [2.05, 4.69) is 5.32 Å². The largest absolute Gasteiger partial charge is 0.352 e. The summed E-state index contributed by atoms with van der Waals surface area (Å²) in [5, 5.41) is 3.96. The molecule has 0 spiro atoms. The van der Waals surface area contributed by atoms with Crippen molar-refractivity contribution in [3.8, 4) is 0 Å². The molecule has 3 aromatic carbocycles. The molecular weight excluding hydrogens is 605 g/mol. The van der Waals surface area contributed by atoms with Crippen LogP contribution in [-0.4, -0.2) is 50.0 Å². The highest BCUT2D eigenvalue weighted by molar-refractivity contribution is 7.92. The second kappa shape index (κ2) is 15.1. The van der Waals surface area contributed by atoms with Crippen LogP contribution in [0.15, 0.2) is 72.8 Å². The maximum absolute atomic E-state index is 14.0. The fourth-order valence-electron chi connectivity index (χ4n) is 5.47. The number of nitrogens with zero attached hydrogens (tertiary/aromatic N) is 2. The Hall–Kier alpha value is -3.07. The van der Waals surface area contributed by atoms with Crippen LogP contribution in [0.1, 0.15) is 55.2 Å². The maximum Gasteiger partial charge on any atom is 0.243 e. The summed E-state index contributed by atoms with van der Waals surface area (Å²) >= 11 is 12.5. The van der Waals surface area contributed by atoms with Gasteiger partial charge in [0.25, 0.3) is 0 Å². The second-order valence-electron chi connectivity index (χ2n) is 11.2. The van der Waals surface area contributed by atoms with Gasteiger partial charge in [0.15, 0.2) is 0 Å². The Morgan fingerprint density at radius 3 is 2.23 bits per heavy atom. The first kappa shape index (κ1) is 32.8. The van der Waals surface area contributed by atoms with Crippen LogP contribution in [-0.2, 0) is 32.6 Å². The van der Waals surface area contributed by atoms with E-state index in [1.807, 2.05) is 49.4 Å². The van der Waals surface area contributed by atoms with Crippen molar-refractivity contribution < 1.29 is 18.0 Å². The van der Waals surface area contributed by atoms with Crippen LogP contribution in [0, 0.1) is 6.92 Å². The van der Waals surface area contributed by atoms with E-state index in [1.54, 1.807) is 35.2 Å². The Balaban J connectivity index is 1.60. The van der Waals surface area contributed by atoms with Crippen molar-refractivity contribution in [2.24, 2.45) is 0 Å². The van der Waals surface area contributed by atoms with Crippen molar-refractivity contribution in [3.63, 3.8) is 0 Å². The smallest absolute Gasteiger partial charge is 0.243 e. The quantitative estimate of drug-likeness (QED) is 0.229. The molecule has 0 aliphatic heterocycles. The molecule has 1 fully saturated rings. The molecule has 4 rings (SSSR count). The fraction of sp³-hybridized carbons (Fsp3) is 0.394. The average molecular weight is 645 g/mol. The summed E-state index contributed by atoms with van der Waals surface area (Å²) in [6.07, 6.45) is 5.81. The van der Waals surface area contributed by atoms with Crippen LogP contribution >= 0.6 is 23.2 Å². The van der Waals surface area contributed by atoms with Crippen LogP contribution in [0.3, 0.4) is 0 Å². The number of aryl methyl sites for hydroxylation is 1. The molecule has 1 saturated carbocycles. The third-order valence-electron chi connectivity index (χ3n) is 7.78. The number of carbonyl (C=O) groups is 2. The van der Waals surface area contributed by atoms with E-state index in [1.165, 1.54) is 4.31 Å². The summed E-state index contributed by atoms with van der Waals surface area (Å²) in [4.78, 5) is 29.5. The van der Waals surface area contributed by atoms with Gasteiger partial charge in [-0.25, -0.2) is 8.42 Å². The molecule has 230 valence electrons. The summed E-state index contributed by atoms with van der Waals surface area (Å²) in [6.45, 7) is 2.22. The van der Waals surface area contributed by atoms with Gasteiger partial charge in [-0.2, -0.15) is 0 Å². The highest BCUT2D eigenvalue weighted by atomic mass is 35.5. The van der Waals surface area contributed by atoms with Crippen molar-refractivity contribution in [1.82, 2.24) is 10.2 Å². The maximum atomic E-state index is 14.0. The Morgan fingerprint density at radius 1 is 0.930 bits per heavy atom. The summed E-state index contributed by atoms with van der Waals surface area (Å²) in [6, 6.07) is 21.4. The molecule has 0 aromatic heterocycles. The van der Waals surface area contributed by atoms with E-state index in [9.17, 15) is 18.0 Å². The summed E-state index contributed by atoms with van der Waals surface area (Å²) < 4.78 is 26.6. The molecule has 0 heterocycles. The van der Waals surface area contributed by atoms with Gasteiger partial charge >= 0.3 is 0 Å². The normalized spacial score (nSPS) is 14.3. The number of rotatable bonds is 13. The van der Waals surface area contributed by atoms with Gasteiger partial charge in [-0.15, -0.1) is 0 Å². The monoisotopic (exact) mass is 643 g/mol. The van der Waals surface area contributed by atoms with E-state index in [4.69, 9.17) is 23.2 Å². The molecule has 0 radical (unpaired) electrons. The van der Waals surface area contributed by atoms with Crippen molar-refractivity contribution >= 4 is 50.7 Å². The molecule has 7 nitrogen and oxygen atoms in total. The van der Waals surface area contributed by atoms with Crippen LogP contribution < -0.4 is 9.62 Å². The van der Waals surface area contributed by atoms with Gasteiger partial charge in [-0.05, 0) is 61.6 Å². The van der Waals surface area contributed by atoms with Gasteiger partial charge in [0.1, 0.15) is 6.04 Å². The van der Waals surface area contributed by atoms with E-state index in [0.717, 1.165) is 48.6 Å². The zero-order valence-electron chi connectivity index (χ0n) is 24.6. The van der Waals surface area contributed by atoms with Gasteiger partial charge in [0, 0.05) is 32.0 Å². The second-order valence-corrected chi connectivity index (χ2v) is 14.0. The lowest BCUT2D eigenvalue weighted by Crippen LogP contribution is -2.52. The molecule has 1 aliphatic carbocycles. The number of halogens is 2. The number of anilines is 1. The van der Waals surface area contributed by atoms with Crippen molar-refractivity contribution in [2.75, 3.05) is 17.1 Å². The Kier molecular flexibility index (Phi) is 11.5. The lowest BCUT2D eigenvalue weighted by molar-refractivity contribution is -0.141. The molecule has 2 amide bonds. The zero-order chi connectivity index (χ0) is 31.0. The lowest BCUT2D eigenvalue weighted by atomic mass is 10.0. The molecule has 0 bridgehead atoms. The van der Waals surface area contributed by atoms with Crippen LogP contribution in [0.4, 0.5) is 5.69 Å². The number of hydrogen-bond acceptors (Lipinski definition) is 4. The number of carbonyl (C=O) groups excluding carboxylic acids is 2. The Morgan fingerprint density at radius 2 is 1.60 bits per heavy atom. The SMILES string of the molecule is Cc1ccc(N(CCCC(=O)N(Cc2ccc(Cl)c(Cl)c2)[C@@H](Cc2ccccc2)C(=O)NC2CCCC2)S(C)(=O)=O)cc1. The van der Waals surface area contributed by atoms with E-state index < -0.39 is 16.1 Å². The van der Waals surface area contributed by atoms with E-state index in [0.29, 0.717) is 22.2 Å². The van der Waals surface area contributed by atoms with Crippen LogP contribution in [0.2, 0.25) is 10.0 Å². The minimum atomic E-state index is -3.57. The molecule has 0 saturated heterocycles. The van der Waals surface area contributed by atoms with Crippen molar-refractivity contribution in [1.29, 1.82) is 0 Å². The highest BCUT2D eigenvalue weighted by Gasteiger charge is 2.32. The standard InChI is InChI=1S/C33H39Cl2N3O4S/c1-24-14-17-28(18-15-24)38(43(2,41)42)20-8-13-32(39)37(23-26-16-19-29(34)30(35)21-26)31(22-25-9-4-3-5-10-25)33(40)36-27-11-6-7-12-27/h3-5,9-10,14-19,21,27,31H,6-8,11-13,20,22-23H2,1-2H3,(H,36,40)/t31-/m0/s1. The Labute approximate surface area is 265 Å². The van der Waals surface area contributed by atoms with Gasteiger partial charge in [0.2, 0.25) is 21.8 Å². The summed E-state index contributed by atoms with van der Waals surface area (Å²) in [7, 11) is -3.57. The Bertz CT molecular complexity index is 1490. The average Bonchev–Trinajstić information content (AvgIpc) is 3.48. The first-order chi connectivity index (χ1) is 20.5. The molecule has 1 aliphatic rings. The number of nitrogens with one attached hydrogen (secondary N) is 1. The third-order valence-corrected chi connectivity index (χ3v) is 9.72. The third kappa shape index (κ3) is 9.46. The molecule has 43 heavy (non-hydrogen) atoms. The van der Waals surface area contributed by atoms with E-state index >= 15 is 0 Å². The van der Waals surface area contributed by atoms with E-state index in [-0.39, 0.29) is 43.8 Å². The topological polar surface area (TPSA) is 86.8 Å². The molecule has 1 atom stereocenters. The van der Waals surface area contributed by atoms with Crippen molar-refractivity contribution in [2.45, 2.75) is 70.5 Å². The summed E-state index contributed by atoms with van der Waals surface area (Å²) in [5.74, 6) is -0.437. The minimum Gasteiger partial charge on any atom is -0.352 e. The molecular formula is C33H39Cl2N3O4S. The molecule has 0 unspecified atom stereocenters.